The maximum absolute atomic E-state index is 12.3. The first-order valence-electron chi connectivity index (χ1n) is 8.12. The predicted molar refractivity (Wildman–Crippen MR) is 96.4 cm³/mol. The number of hydrogen-bond acceptors (Lipinski definition) is 4. The van der Waals surface area contributed by atoms with Crippen molar-refractivity contribution in [3.63, 3.8) is 0 Å². The van der Waals surface area contributed by atoms with E-state index in [0.29, 0.717) is 18.0 Å². The van der Waals surface area contributed by atoms with Crippen LogP contribution in [0.1, 0.15) is 33.3 Å². The van der Waals surface area contributed by atoms with Crippen molar-refractivity contribution in [2.45, 2.75) is 40.2 Å². The lowest BCUT2D eigenvalue weighted by molar-refractivity contribution is -0.124. The van der Waals surface area contributed by atoms with Crippen molar-refractivity contribution in [3.05, 3.63) is 23.8 Å². The van der Waals surface area contributed by atoms with Crippen molar-refractivity contribution in [1.29, 1.82) is 0 Å². The minimum atomic E-state index is -0.284. The molecule has 1 aromatic carbocycles. The standard InChI is InChI=1S/C18H29N3O3/c1-7-21(12-17(23)20-18(3,4)5)11-16(22)19-14-10-13(2)8-9-15(14)24-6/h8-10H,7,11-12H2,1-6H3,(H,19,22)(H,20,23). The molecule has 0 bridgehead atoms. The first-order valence-corrected chi connectivity index (χ1v) is 8.12. The number of methoxy groups -OCH3 is 1. The van der Waals surface area contributed by atoms with E-state index in [9.17, 15) is 9.59 Å². The summed E-state index contributed by atoms with van der Waals surface area (Å²) >= 11 is 0. The van der Waals surface area contributed by atoms with E-state index < -0.39 is 0 Å². The summed E-state index contributed by atoms with van der Waals surface area (Å²) in [5, 5.41) is 5.75. The molecule has 6 heteroatoms. The van der Waals surface area contributed by atoms with Crippen LogP contribution in [0.4, 0.5) is 5.69 Å². The molecule has 0 spiro atoms. The molecule has 0 fully saturated rings. The Morgan fingerprint density at radius 3 is 2.33 bits per heavy atom. The molecule has 2 amide bonds. The Balaban J connectivity index is 2.65. The summed E-state index contributed by atoms with van der Waals surface area (Å²) in [6.45, 7) is 10.6. The Labute approximate surface area is 144 Å². The Kier molecular flexibility index (Phi) is 7.22. The molecule has 0 saturated carbocycles. The minimum absolute atomic E-state index is 0.0923. The second kappa shape index (κ2) is 8.68. The van der Waals surface area contributed by atoms with E-state index in [1.165, 1.54) is 0 Å². The topological polar surface area (TPSA) is 70.7 Å². The summed E-state index contributed by atoms with van der Waals surface area (Å²) in [5.74, 6) is 0.345. The highest BCUT2D eigenvalue weighted by Gasteiger charge is 2.18. The van der Waals surface area contributed by atoms with E-state index in [0.717, 1.165) is 5.56 Å². The van der Waals surface area contributed by atoms with E-state index in [4.69, 9.17) is 4.74 Å². The number of amides is 2. The molecule has 0 aliphatic rings. The van der Waals surface area contributed by atoms with Gasteiger partial charge in [0.2, 0.25) is 11.8 Å². The fourth-order valence-corrected chi connectivity index (χ4v) is 2.25. The molecule has 0 aromatic heterocycles. The van der Waals surface area contributed by atoms with Crippen molar-refractivity contribution in [1.82, 2.24) is 10.2 Å². The van der Waals surface area contributed by atoms with Crippen molar-refractivity contribution >= 4 is 17.5 Å². The largest absolute Gasteiger partial charge is 0.495 e. The molecule has 0 aliphatic carbocycles. The van der Waals surface area contributed by atoms with E-state index in [1.54, 1.807) is 12.0 Å². The third-order valence-corrected chi connectivity index (χ3v) is 3.33. The van der Waals surface area contributed by atoms with Crippen molar-refractivity contribution in [2.75, 3.05) is 32.1 Å². The van der Waals surface area contributed by atoms with Crippen LogP contribution in [0, 0.1) is 6.92 Å². The number of rotatable bonds is 7. The summed E-state index contributed by atoms with van der Waals surface area (Å²) in [5.41, 5.74) is 1.38. The number of benzene rings is 1. The molecule has 0 saturated heterocycles. The van der Waals surface area contributed by atoms with Crippen molar-refractivity contribution < 1.29 is 14.3 Å². The van der Waals surface area contributed by atoms with Gasteiger partial charge in [-0.25, -0.2) is 0 Å². The van der Waals surface area contributed by atoms with Crippen LogP contribution in [-0.2, 0) is 9.59 Å². The number of aryl methyl sites for hydroxylation is 1. The Bertz CT molecular complexity index is 579. The normalized spacial score (nSPS) is 11.3. The van der Waals surface area contributed by atoms with Gasteiger partial charge in [0.25, 0.3) is 0 Å². The van der Waals surface area contributed by atoms with Crippen LogP contribution < -0.4 is 15.4 Å². The third-order valence-electron chi connectivity index (χ3n) is 3.33. The molecule has 0 aliphatic heterocycles. The summed E-state index contributed by atoms with van der Waals surface area (Å²) in [7, 11) is 1.56. The van der Waals surface area contributed by atoms with Gasteiger partial charge in [0.15, 0.2) is 0 Å². The van der Waals surface area contributed by atoms with E-state index in [2.05, 4.69) is 10.6 Å². The molecule has 134 valence electrons. The average molecular weight is 335 g/mol. The number of nitrogens with zero attached hydrogens (tertiary/aromatic N) is 1. The third kappa shape index (κ3) is 7.00. The van der Waals surface area contributed by atoms with Gasteiger partial charge in [0.1, 0.15) is 5.75 Å². The molecule has 0 heterocycles. The van der Waals surface area contributed by atoms with E-state index in [-0.39, 0.29) is 30.4 Å². The highest BCUT2D eigenvalue weighted by molar-refractivity contribution is 5.94. The smallest absolute Gasteiger partial charge is 0.238 e. The summed E-state index contributed by atoms with van der Waals surface area (Å²) in [6, 6.07) is 5.60. The Morgan fingerprint density at radius 1 is 1.17 bits per heavy atom. The van der Waals surface area contributed by atoms with Gasteiger partial charge in [-0.15, -0.1) is 0 Å². The molecular formula is C18H29N3O3. The summed E-state index contributed by atoms with van der Waals surface area (Å²) < 4.78 is 5.26. The van der Waals surface area contributed by atoms with Crippen LogP contribution in [-0.4, -0.2) is 49.0 Å². The molecule has 24 heavy (non-hydrogen) atoms. The fourth-order valence-electron chi connectivity index (χ4n) is 2.25. The molecule has 1 rings (SSSR count). The second-order valence-corrected chi connectivity index (χ2v) is 6.85. The van der Waals surface area contributed by atoms with Crippen LogP contribution in [0.3, 0.4) is 0 Å². The monoisotopic (exact) mass is 335 g/mol. The lowest BCUT2D eigenvalue weighted by Gasteiger charge is -2.24. The quantitative estimate of drug-likeness (QED) is 0.801. The summed E-state index contributed by atoms with van der Waals surface area (Å²) in [4.78, 5) is 26.1. The Morgan fingerprint density at radius 2 is 1.79 bits per heavy atom. The molecule has 2 N–H and O–H groups in total. The predicted octanol–water partition coefficient (Wildman–Crippen LogP) is 2.18. The lowest BCUT2D eigenvalue weighted by Crippen LogP contribution is -2.47. The number of carbonyl (C=O) groups is 2. The molecule has 0 unspecified atom stereocenters. The second-order valence-electron chi connectivity index (χ2n) is 6.85. The Hall–Kier alpha value is -2.08. The fraction of sp³-hybridized carbons (Fsp3) is 0.556. The molecule has 0 atom stereocenters. The van der Waals surface area contributed by atoms with Crippen LogP contribution >= 0.6 is 0 Å². The maximum atomic E-state index is 12.3. The number of likely N-dealkylation sites (N-methyl/N-ethyl adjacent to an activating group) is 1. The SMILES string of the molecule is CCN(CC(=O)Nc1cc(C)ccc1OC)CC(=O)NC(C)(C)C. The highest BCUT2D eigenvalue weighted by atomic mass is 16.5. The van der Waals surface area contributed by atoms with Crippen molar-refractivity contribution in [2.24, 2.45) is 0 Å². The van der Waals surface area contributed by atoms with E-state index >= 15 is 0 Å². The van der Waals surface area contributed by atoms with Crippen molar-refractivity contribution in [3.8, 4) is 5.75 Å². The van der Waals surface area contributed by atoms with Gasteiger partial charge in [0.05, 0.1) is 25.9 Å². The zero-order chi connectivity index (χ0) is 18.3. The number of ether oxygens (including phenoxy) is 1. The van der Waals surface area contributed by atoms with Gasteiger partial charge in [0, 0.05) is 5.54 Å². The number of hydrogen-bond donors (Lipinski definition) is 2. The molecule has 6 nitrogen and oxygen atoms in total. The molecule has 1 aromatic rings. The van der Waals surface area contributed by atoms with Crippen LogP contribution in [0.5, 0.6) is 5.75 Å². The van der Waals surface area contributed by atoms with E-state index in [1.807, 2.05) is 52.8 Å². The highest BCUT2D eigenvalue weighted by Crippen LogP contribution is 2.25. The first-order chi connectivity index (χ1) is 11.1. The zero-order valence-corrected chi connectivity index (χ0v) is 15.5. The minimum Gasteiger partial charge on any atom is -0.495 e. The van der Waals surface area contributed by atoms with Gasteiger partial charge in [-0.2, -0.15) is 0 Å². The van der Waals surface area contributed by atoms with Gasteiger partial charge in [-0.3, -0.25) is 14.5 Å². The van der Waals surface area contributed by atoms with Crippen LogP contribution in [0.25, 0.3) is 0 Å². The van der Waals surface area contributed by atoms with Crippen LogP contribution in [0.15, 0.2) is 18.2 Å². The molecular weight excluding hydrogens is 306 g/mol. The van der Waals surface area contributed by atoms with Gasteiger partial charge in [-0.1, -0.05) is 13.0 Å². The number of carbonyl (C=O) groups excluding carboxylic acids is 2. The first kappa shape index (κ1) is 20.0. The van der Waals surface area contributed by atoms with Gasteiger partial charge in [-0.05, 0) is 51.9 Å². The lowest BCUT2D eigenvalue weighted by atomic mass is 10.1. The van der Waals surface area contributed by atoms with Crippen LogP contribution in [0.2, 0.25) is 0 Å². The number of anilines is 1. The average Bonchev–Trinajstić information content (AvgIpc) is 2.44. The zero-order valence-electron chi connectivity index (χ0n) is 15.5. The van der Waals surface area contributed by atoms with Gasteiger partial charge < -0.3 is 15.4 Å². The summed E-state index contributed by atoms with van der Waals surface area (Å²) in [6.07, 6.45) is 0. The molecule has 0 radical (unpaired) electrons. The number of nitrogens with one attached hydrogen (secondary N) is 2. The maximum Gasteiger partial charge on any atom is 0.238 e. The van der Waals surface area contributed by atoms with Gasteiger partial charge >= 0.3 is 0 Å².